The summed E-state index contributed by atoms with van der Waals surface area (Å²) in [6.45, 7) is 5.50. The van der Waals surface area contributed by atoms with E-state index in [-0.39, 0.29) is 11.8 Å². The standard InChI is InChI=1S/C23H24N2O3/c1-15-9-8-11-18(16(15)2)25-22(26)20(17-10-4-5-12-19(17)28-3)21(23(25)27)24-13-6-7-14-24/h4-5,8-12H,6-7,13-14H2,1-3H3. The van der Waals surface area contributed by atoms with Gasteiger partial charge in [-0.15, -0.1) is 0 Å². The zero-order chi connectivity index (χ0) is 19.8. The summed E-state index contributed by atoms with van der Waals surface area (Å²) in [4.78, 5) is 30.5. The van der Waals surface area contributed by atoms with Crippen LogP contribution in [-0.4, -0.2) is 36.9 Å². The van der Waals surface area contributed by atoms with E-state index in [4.69, 9.17) is 4.74 Å². The number of hydrogen-bond donors (Lipinski definition) is 0. The molecule has 0 saturated carbocycles. The van der Waals surface area contributed by atoms with Crippen LogP contribution in [0.15, 0.2) is 48.2 Å². The zero-order valence-electron chi connectivity index (χ0n) is 16.5. The van der Waals surface area contributed by atoms with Crippen molar-refractivity contribution in [3.63, 3.8) is 0 Å². The summed E-state index contributed by atoms with van der Waals surface area (Å²) < 4.78 is 5.50. The summed E-state index contributed by atoms with van der Waals surface area (Å²) >= 11 is 0. The molecule has 144 valence electrons. The molecule has 5 nitrogen and oxygen atoms in total. The van der Waals surface area contributed by atoms with E-state index in [1.807, 2.05) is 61.2 Å². The van der Waals surface area contributed by atoms with E-state index >= 15 is 0 Å². The largest absolute Gasteiger partial charge is 0.496 e. The number of ether oxygens (including phenoxy) is 1. The maximum Gasteiger partial charge on any atom is 0.282 e. The Hall–Kier alpha value is -3.08. The van der Waals surface area contributed by atoms with Crippen LogP contribution in [0.3, 0.4) is 0 Å². The van der Waals surface area contributed by atoms with Gasteiger partial charge in [-0.25, -0.2) is 4.90 Å². The summed E-state index contributed by atoms with van der Waals surface area (Å²) in [5.41, 5.74) is 4.23. The molecular formula is C23H24N2O3. The van der Waals surface area contributed by atoms with Crippen molar-refractivity contribution in [3.05, 3.63) is 64.9 Å². The van der Waals surface area contributed by atoms with Gasteiger partial charge < -0.3 is 9.64 Å². The van der Waals surface area contributed by atoms with Gasteiger partial charge in [-0.1, -0.05) is 30.3 Å². The Bertz CT molecular complexity index is 987. The lowest BCUT2D eigenvalue weighted by Crippen LogP contribution is -2.35. The van der Waals surface area contributed by atoms with E-state index in [0.717, 1.165) is 37.1 Å². The second kappa shape index (κ2) is 7.15. The first-order valence-electron chi connectivity index (χ1n) is 9.62. The van der Waals surface area contributed by atoms with Crippen LogP contribution in [0.5, 0.6) is 5.75 Å². The number of para-hydroxylation sites is 1. The third-order valence-corrected chi connectivity index (χ3v) is 5.67. The molecule has 4 rings (SSSR count). The highest BCUT2D eigenvalue weighted by Crippen LogP contribution is 2.40. The Morgan fingerprint density at radius 1 is 0.893 bits per heavy atom. The van der Waals surface area contributed by atoms with Gasteiger partial charge in [0.25, 0.3) is 11.8 Å². The fourth-order valence-corrected chi connectivity index (χ4v) is 4.04. The van der Waals surface area contributed by atoms with Gasteiger partial charge in [0, 0.05) is 18.7 Å². The molecule has 2 aliphatic heterocycles. The minimum Gasteiger partial charge on any atom is -0.496 e. The fourth-order valence-electron chi connectivity index (χ4n) is 4.04. The van der Waals surface area contributed by atoms with E-state index in [9.17, 15) is 9.59 Å². The Morgan fingerprint density at radius 2 is 1.61 bits per heavy atom. The number of likely N-dealkylation sites (tertiary alicyclic amines) is 1. The van der Waals surface area contributed by atoms with Gasteiger partial charge >= 0.3 is 0 Å². The maximum atomic E-state index is 13.6. The molecule has 2 aromatic carbocycles. The van der Waals surface area contributed by atoms with Crippen molar-refractivity contribution in [2.45, 2.75) is 26.7 Å². The fraction of sp³-hybridized carbons (Fsp3) is 0.304. The Kier molecular flexibility index (Phi) is 4.67. The lowest BCUT2D eigenvalue weighted by Gasteiger charge is -2.21. The van der Waals surface area contributed by atoms with E-state index in [0.29, 0.717) is 28.3 Å². The van der Waals surface area contributed by atoms with E-state index in [1.54, 1.807) is 7.11 Å². The monoisotopic (exact) mass is 376 g/mol. The second-order valence-electron chi connectivity index (χ2n) is 7.28. The van der Waals surface area contributed by atoms with Crippen LogP contribution >= 0.6 is 0 Å². The Labute approximate surface area is 165 Å². The highest BCUT2D eigenvalue weighted by Gasteiger charge is 2.44. The molecule has 2 aliphatic rings. The number of hydrogen-bond acceptors (Lipinski definition) is 4. The number of carbonyl (C=O) groups is 2. The van der Waals surface area contributed by atoms with Crippen LogP contribution in [-0.2, 0) is 9.59 Å². The quantitative estimate of drug-likeness (QED) is 0.764. The number of methoxy groups -OCH3 is 1. The molecule has 1 saturated heterocycles. The molecule has 0 aliphatic carbocycles. The van der Waals surface area contributed by atoms with Crippen molar-refractivity contribution in [2.24, 2.45) is 0 Å². The smallest absolute Gasteiger partial charge is 0.282 e. The number of anilines is 1. The van der Waals surface area contributed by atoms with Gasteiger partial charge in [0.05, 0.1) is 18.4 Å². The molecule has 2 aromatic rings. The summed E-state index contributed by atoms with van der Waals surface area (Å²) in [5, 5.41) is 0. The van der Waals surface area contributed by atoms with Crippen LogP contribution in [0.2, 0.25) is 0 Å². The average molecular weight is 376 g/mol. The molecule has 2 amide bonds. The number of rotatable bonds is 4. The first kappa shape index (κ1) is 18.3. The van der Waals surface area contributed by atoms with Gasteiger partial charge in [-0.3, -0.25) is 9.59 Å². The number of amides is 2. The molecule has 0 radical (unpaired) electrons. The van der Waals surface area contributed by atoms with E-state index in [2.05, 4.69) is 0 Å². The highest BCUT2D eigenvalue weighted by molar-refractivity contribution is 6.45. The minimum absolute atomic E-state index is 0.249. The third-order valence-electron chi connectivity index (χ3n) is 5.67. The molecular weight excluding hydrogens is 352 g/mol. The van der Waals surface area contributed by atoms with E-state index < -0.39 is 0 Å². The zero-order valence-corrected chi connectivity index (χ0v) is 16.5. The van der Waals surface area contributed by atoms with Gasteiger partial charge in [0.15, 0.2) is 0 Å². The first-order chi connectivity index (χ1) is 13.5. The number of aryl methyl sites for hydroxylation is 1. The Balaban J connectivity index is 1.90. The van der Waals surface area contributed by atoms with Crippen LogP contribution in [0.1, 0.15) is 29.5 Å². The predicted octanol–water partition coefficient (Wildman–Crippen LogP) is 3.69. The third kappa shape index (κ3) is 2.78. The molecule has 0 bridgehead atoms. The Morgan fingerprint density at radius 3 is 2.32 bits per heavy atom. The van der Waals surface area contributed by atoms with Crippen molar-refractivity contribution in [1.82, 2.24) is 4.90 Å². The maximum absolute atomic E-state index is 13.6. The molecule has 0 aromatic heterocycles. The molecule has 2 heterocycles. The molecule has 0 atom stereocenters. The summed E-state index contributed by atoms with van der Waals surface area (Å²) in [6, 6.07) is 13.1. The molecule has 1 fully saturated rings. The number of imide groups is 1. The van der Waals surface area contributed by atoms with Crippen molar-refractivity contribution >= 4 is 23.1 Å². The molecule has 0 spiro atoms. The number of nitrogens with zero attached hydrogens (tertiary/aromatic N) is 2. The molecule has 5 heteroatoms. The normalized spacial score (nSPS) is 17.1. The van der Waals surface area contributed by atoms with Crippen LogP contribution in [0.4, 0.5) is 5.69 Å². The predicted molar refractivity (Wildman–Crippen MR) is 109 cm³/mol. The van der Waals surface area contributed by atoms with Crippen molar-refractivity contribution < 1.29 is 14.3 Å². The minimum atomic E-state index is -0.287. The number of benzene rings is 2. The lowest BCUT2D eigenvalue weighted by molar-refractivity contribution is -0.120. The average Bonchev–Trinajstić information content (AvgIpc) is 3.31. The lowest BCUT2D eigenvalue weighted by atomic mass is 10.0. The molecule has 0 unspecified atom stereocenters. The molecule has 28 heavy (non-hydrogen) atoms. The topological polar surface area (TPSA) is 49.9 Å². The second-order valence-corrected chi connectivity index (χ2v) is 7.28. The van der Waals surface area contributed by atoms with Crippen molar-refractivity contribution in [2.75, 3.05) is 25.1 Å². The van der Waals surface area contributed by atoms with E-state index in [1.165, 1.54) is 4.90 Å². The SMILES string of the molecule is COc1ccccc1C1=C(N2CCCC2)C(=O)N(c2cccc(C)c2C)C1=O. The van der Waals surface area contributed by atoms with Crippen LogP contribution < -0.4 is 9.64 Å². The van der Waals surface area contributed by atoms with Gasteiger partial charge in [0.1, 0.15) is 11.4 Å². The van der Waals surface area contributed by atoms with Crippen molar-refractivity contribution in [1.29, 1.82) is 0 Å². The summed E-state index contributed by atoms with van der Waals surface area (Å²) in [7, 11) is 1.58. The van der Waals surface area contributed by atoms with Crippen LogP contribution in [0.25, 0.3) is 5.57 Å². The first-order valence-corrected chi connectivity index (χ1v) is 9.62. The van der Waals surface area contributed by atoms with Gasteiger partial charge in [-0.05, 0) is 49.9 Å². The summed E-state index contributed by atoms with van der Waals surface area (Å²) in [6.07, 6.45) is 2.04. The number of carbonyl (C=O) groups excluding carboxylic acids is 2. The van der Waals surface area contributed by atoms with Gasteiger partial charge in [-0.2, -0.15) is 0 Å². The molecule has 0 N–H and O–H groups in total. The van der Waals surface area contributed by atoms with Crippen LogP contribution in [0, 0.1) is 13.8 Å². The van der Waals surface area contributed by atoms with Crippen molar-refractivity contribution in [3.8, 4) is 5.75 Å². The van der Waals surface area contributed by atoms with Gasteiger partial charge in [0.2, 0.25) is 0 Å². The summed E-state index contributed by atoms with van der Waals surface area (Å²) in [5.74, 6) is 0.0600. The highest BCUT2D eigenvalue weighted by atomic mass is 16.5.